The maximum absolute atomic E-state index is 13.3. The number of carbonyl (C=O) groups excluding carboxylic acids is 3. The van der Waals surface area contributed by atoms with Crippen LogP contribution in [-0.4, -0.2) is 91.8 Å². The van der Waals surface area contributed by atoms with Crippen molar-refractivity contribution in [1.29, 1.82) is 0 Å². The van der Waals surface area contributed by atoms with Gasteiger partial charge in [-0.3, -0.25) is 23.7 Å². The lowest BCUT2D eigenvalue weighted by Crippen LogP contribution is -2.22. The van der Waals surface area contributed by atoms with Crippen LogP contribution < -0.4 is 16.5 Å². The molecule has 51 heavy (non-hydrogen) atoms. The van der Waals surface area contributed by atoms with Crippen molar-refractivity contribution in [1.82, 2.24) is 9.55 Å². The van der Waals surface area contributed by atoms with E-state index in [1.54, 1.807) is 48.5 Å². The number of phenolic OH excluding ortho intramolecular Hbond substituents is 1. The van der Waals surface area contributed by atoms with Gasteiger partial charge in [0.25, 0.3) is 5.56 Å². The van der Waals surface area contributed by atoms with Gasteiger partial charge in [-0.15, -0.1) is 0 Å². The highest BCUT2D eigenvalue weighted by molar-refractivity contribution is 6.13. The van der Waals surface area contributed by atoms with Crippen molar-refractivity contribution in [2.24, 2.45) is 0 Å². The number of hydrogen-bond donors (Lipinski definition) is 2. The van der Waals surface area contributed by atoms with Crippen molar-refractivity contribution < 1.29 is 47.6 Å². The Labute approximate surface area is 289 Å². The number of benzene rings is 3. The molecule has 3 aromatic carbocycles. The molecule has 0 amide bonds. The van der Waals surface area contributed by atoms with Gasteiger partial charge in [0.2, 0.25) is 5.78 Å². The number of phenols is 1. The minimum atomic E-state index is -0.633. The smallest absolute Gasteiger partial charge is 0.336 e. The number of nitrogens with one attached hydrogen (secondary N) is 1. The summed E-state index contributed by atoms with van der Waals surface area (Å²) in [5.41, 5.74) is 1.43. The molecular weight excluding hydrogens is 666 g/mol. The highest BCUT2D eigenvalue weighted by Gasteiger charge is 2.29. The average Bonchev–Trinajstić information content (AvgIpc) is 3.40. The Kier molecular flexibility index (Phi) is 11.1. The van der Waals surface area contributed by atoms with Crippen LogP contribution in [0.25, 0.3) is 27.6 Å². The van der Waals surface area contributed by atoms with E-state index < -0.39 is 17.6 Å². The van der Waals surface area contributed by atoms with Gasteiger partial charge >= 0.3 is 17.6 Å². The molecule has 2 N–H and O–H groups in total. The van der Waals surface area contributed by atoms with Gasteiger partial charge in [-0.05, 0) is 48.0 Å². The maximum atomic E-state index is 13.3. The van der Waals surface area contributed by atoms with E-state index in [1.807, 2.05) is 0 Å². The van der Waals surface area contributed by atoms with Crippen LogP contribution >= 0.6 is 0 Å². The van der Waals surface area contributed by atoms with Crippen LogP contribution in [0.5, 0.6) is 5.75 Å². The summed E-state index contributed by atoms with van der Waals surface area (Å²) in [7, 11) is 0. The second-order valence-corrected chi connectivity index (χ2v) is 11.2. The minimum Gasteiger partial charge on any atom is -0.508 e. The third-order valence-corrected chi connectivity index (χ3v) is 7.77. The summed E-state index contributed by atoms with van der Waals surface area (Å²) >= 11 is 0. The van der Waals surface area contributed by atoms with E-state index in [0.717, 1.165) is 0 Å². The Hall–Kier alpha value is -5.90. The van der Waals surface area contributed by atoms with Crippen molar-refractivity contribution in [2.45, 2.75) is 6.42 Å². The summed E-state index contributed by atoms with van der Waals surface area (Å²) in [6.07, 6.45) is -0.137. The van der Waals surface area contributed by atoms with Gasteiger partial charge in [0.15, 0.2) is 5.82 Å². The van der Waals surface area contributed by atoms with E-state index in [-0.39, 0.29) is 81.1 Å². The Balaban J connectivity index is 0.798. The van der Waals surface area contributed by atoms with Crippen LogP contribution in [-0.2, 0) is 39.7 Å². The van der Waals surface area contributed by atoms with E-state index in [9.17, 15) is 29.1 Å². The van der Waals surface area contributed by atoms with Gasteiger partial charge in [-0.25, -0.2) is 9.78 Å². The number of para-hydroxylation sites is 1. The Morgan fingerprint density at radius 2 is 1.45 bits per heavy atom. The third-order valence-electron chi connectivity index (χ3n) is 7.77. The number of aromatic nitrogens is 2. The molecule has 1 aliphatic rings. The zero-order chi connectivity index (χ0) is 35.7. The summed E-state index contributed by atoms with van der Waals surface area (Å²) in [6.45, 7) is 1.41. The molecule has 1 aliphatic heterocycles. The van der Waals surface area contributed by atoms with Crippen molar-refractivity contribution in [3.05, 3.63) is 104 Å². The fraction of sp³-hybridized carbons (Fsp3) is 0.278. The maximum Gasteiger partial charge on any atom is 0.336 e. The average molecular weight is 700 g/mol. The van der Waals surface area contributed by atoms with E-state index in [0.29, 0.717) is 52.0 Å². The number of anilines is 1. The molecule has 3 heterocycles. The highest BCUT2D eigenvalue weighted by Crippen LogP contribution is 2.27. The number of hydrogen-bond acceptors (Lipinski definition) is 14. The standard InChI is InChI=1S/C36H33N3O12/c40-24-6-7-25-22(18-32(42)51-30(25)20-24)17-31(41)49-15-13-47-11-9-46-10-12-48-14-16-50-33(43)21-37-23-5-8-28-27(19-23)36(45)39-29-4-2-1-3-26(29)34(44)35(39)38-28/h1-8,18-20,37,40H,9-17,21H2. The van der Waals surface area contributed by atoms with Crippen molar-refractivity contribution in [2.75, 3.05) is 64.7 Å². The normalized spacial score (nSPS) is 11.8. The molecule has 15 nitrogen and oxygen atoms in total. The SMILES string of the molecule is O=C(CNc1ccc2nc3n(c(=O)c2c1)-c1ccccc1C3=O)OCCOCCOCCOCCOC(=O)Cc1cc(=O)oc2cc(O)ccc12. The molecule has 0 unspecified atom stereocenters. The van der Waals surface area contributed by atoms with Crippen LogP contribution in [0, 0.1) is 0 Å². The number of esters is 2. The molecule has 0 aliphatic carbocycles. The van der Waals surface area contributed by atoms with E-state index in [2.05, 4.69) is 10.3 Å². The van der Waals surface area contributed by atoms with E-state index >= 15 is 0 Å². The third kappa shape index (κ3) is 8.46. The molecule has 0 saturated heterocycles. The van der Waals surface area contributed by atoms with Gasteiger partial charge in [0.1, 0.15) is 31.1 Å². The largest absolute Gasteiger partial charge is 0.508 e. The Morgan fingerprint density at radius 1 is 0.765 bits per heavy atom. The molecule has 15 heteroatoms. The molecule has 0 radical (unpaired) electrons. The van der Waals surface area contributed by atoms with E-state index in [1.165, 1.54) is 22.8 Å². The lowest BCUT2D eigenvalue weighted by molar-refractivity contribution is -0.144. The summed E-state index contributed by atoms with van der Waals surface area (Å²) < 4.78 is 33.0. The monoisotopic (exact) mass is 699 g/mol. The minimum absolute atomic E-state index is 0.0243. The van der Waals surface area contributed by atoms with Gasteiger partial charge in [-0.1, -0.05) is 12.1 Å². The fourth-order valence-corrected chi connectivity index (χ4v) is 5.42. The molecule has 0 bridgehead atoms. The second-order valence-electron chi connectivity index (χ2n) is 11.2. The Morgan fingerprint density at radius 3 is 2.20 bits per heavy atom. The Bertz CT molecular complexity index is 2210. The first kappa shape index (κ1) is 34.9. The summed E-state index contributed by atoms with van der Waals surface area (Å²) in [5, 5.41) is 13.4. The lowest BCUT2D eigenvalue weighted by Gasteiger charge is -2.10. The van der Waals surface area contributed by atoms with Crippen molar-refractivity contribution in [3.63, 3.8) is 0 Å². The topological polar surface area (TPSA) is 195 Å². The molecule has 264 valence electrons. The molecule has 0 fully saturated rings. The highest BCUT2D eigenvalue weighted by atomic mass is 16.6. The van der Waals surface area contributed by atoms with Crippen LogP contribution in [0.4, 0.5) is 5.69 Å². The van der Waals surface area contributed by atoms with Crippen LogP contribution in [0.15, 0.2) is 80.7 Å². The quantitative estimate of drug-likeness (QED) is 0.0801. The van der Waals surface area contributed by atoms with Gasteiger partial charge in [-0.2, -0.15) is 0 Å². The zero-order valence-electron chi connectivity index (χ0n) is 27.3. The molecule has 5 aromatic rings. The number of aromatic hydroxyl groups is 1. The van der Waals surface area contributed by atoms with Gasteiger partial charge in [0, 0.05) is 23.2 Å². The summed E-state index contributed by atoms with van der Waals surface area (Å²) in [6, 6.07) is 17.2. The molecular formula is C36H33N3O12. The molecule has 6 rings (SSSR count). The first-order valence-corrected chi connectivity index (χ1v) is 16.0. The molecule has 0 atom stereocenters. The predicted octanol–water partition coefficient (Wildman–Crippen LogP) is 2.53. The molecule has 0 saturated carbocycles. The zero-order valence-corrected chi connectivity index (χ0v) is 27.3. The molecule has 0 spiro atoms. The van der Waals surface area contributed by atoms with Crippen LogP contribution in [0.1, 0.15) is 21.7 Å². The summed E-state index contributed by atoms with van der Waals surface area (Å²) in [4.78, 5) is 66.6. The number of nitrogens with zero attached hydrogens (tertiary/aromatic N) is 2. The van der Waals surface area contributed by atoms with Crippen molar-refractivity contribution >= 4 is 45.3 Å². The predicted molar refractivity (Wildman–Crippen MR) is 181 cm³/mol. The first-order chi connectivity index (χ1) is 24.8. The van der Waals surface area contributed by atoms with Gasteiger partial charge < -0.3 is 38.5 Å². The van der Waals surface area contributed by atoms with E-state index in [4.69, 9.17) is 28.1 Å². The van der Waals surface area contributed by atoms with Crippen LogP contribution in [0.2, 0.25) is 0 Å². The lowest BCUT2D eigenvalue weighted by atomic mass is 10.1. The molecule has 2 aromatic heterocycles. The van der Waals surface area contributed by atoms with Crippen molar-refractivity contribution in [3.8, 4) is 11.4 Å². The fourth-order valence-electron chi connectivity index (χ4n) is 5.42. The van der Waals surface area contributed by atoms with Crippen LogP contribution in [0.3, 0.4) is 0 Å². The number of ketones is 1. The number of rotatable bonds is 17. The number of fused-ring (bicyclic) bond motifs is 5. The summed E-state index contributed by atoms with van der Waals surface area (Å²) in [5.74, 6) is -1.33. The number of ether oxygens (including phenoxy) is 5. The second kappa shape index (κ2) is 16.2. The first-order valence-electron chi connectivity index (χ1n) is 16.0. The van der Waals surface area contributed by atoms with Gasteiger partial charge in [0.05, 0.1) is 68.2 Å². The number of carbonyl (C=O) groups is 3.